The Balaban J connectivity index is 1.74. The van der Waals surface area contributed by atoms with E-state index in [9.17, 15) is 0 Å². The second kappa shape index (κ2) is 3.33. The van der Waals surface area contributed by atoms with E-state index in [1.165, 1.54) is 12.8 Å². The Morgan fingerprint density at radius 2 is 2.07 bits per heavy atom. The second-order valence-electron chi connectivity index (χ2n) is 3.83. The number of morpholine rings is 1. The fourth-order valence-corrected chi connectivity index (χ4v) is 1.61. The molecule has 2 fully saturated rings. The van der Waals surface area contributed by atoms with Crippen molar-refractivity contribution < 1.29 is 9.15 Å². The van der Waals surface area contributed by atoms with Crippen LogP contribution in [0.4, 0.5) is 0 Å². The molecule has 14 heavy (non-hydrogen) atoms. The van der Waals surface area contributed by atoms with Gasteiger partial charge < -0.3 is 14.5 Å². The van der Waals surface area contributed by atoms with Crippen LogP contribution in [0.15, 0.2) is 4.42 Å². The summed E-state index contributed by atoms with van der Waals surface area (Å²) in [6, 6.07) is 0.0868. The maximum absolute atomic E-state index is 5.58. The van der Waals surface area contributed by atoms with E-state index in [-0.39, 0.29) is 6.04 Å². The van der Waals surface area contributed by atoms with Crippen LogP contribution in [0.5, 0.6) is 0 Å². The Hall–Kier alpha value is -0.940. The Morgan fingerprint density at radius 1 is 1.21 bits per heavy atom. The predicted octanol–water partition coefficient (Wildman–Crippen LogP) is 0.608. The van der Waals surface area contributed by atoms with Crippen molar-refractivity contribution in [1.82, 2.24) is 15.5 Å². The van der Waals surface area contributed by atoms with Crippen molar-refractivity contribution in [2.75, 3.05) is 19.8 Å². The number of hydrogen-bond donors (Lipinski definition) is 1. The maximum atomic E-state index is 5.58. The minimum Gasteiger partial charge on any atom is -0.423 e. The van der Waals surface area contributed by atoms with Crippen LogP contribution in [0.25, 0.3) is 0 Å². The summed E-state index contributed by atoms with van der Waals surface area (Å²) in [6.45, 7) is 2.25. The van der Waals surface area contributed by atoms with Gasteiger partial charge in [-0.1, -0.05) is 0 Å². The molecule has 1 aromatic rings. The molecule has 0 amide bonds. The van der Waals surface area contributed by atoms with Gasteiger partial charge in [-0.05, 0) is 12.8 Å². The first-order chi connectivity index (χ1) is 6.93. The second-order valence-corrected chi connectivity index (χ2v) is 3.83. The van der Waals surface area contributed by atoms with Crippen LogP contribution in [0, 0.1) is 0 Å². The quantitative estimate of drug-likeness (QED) is 0.749. The zero-order valence-corrected chi connectivity index (χ0v) is 7.90. The van der Waals surface area contributed by atoms with Crippen molar-refractivity contribution in [3.8, 4) is 0 Å². The molecule has 0 spiro atoms. The minimum atomic E-state index is 0.0868. The van der Waals surface area contributed by atoms with Crippen LogP contribution in [-0.2, 0) is 4.74 Å². The van der Waals surface area contributed by atoms with Gasteiger partial charge >= 0.3 is 0 Å². The predicted molar refractivity (Wildman–Crippen MR) is 47.8 cm³/mol. The smallest absolute Gasteiger partial charge is 0.235 e. The summed E-state index contributed by atoms with van der Waals surface area (Å²) in [5.41, 5.74) is 0. The van der Waals surface area contributed by atoms with Gasteiger partial charge in [-0.3, -0.25) is 0 Å². The van der Waals surface area contributed by atoms with Gasteiger partial charge in [0, 0.05) is 12.5 Å². The summed E-state index contributed by atoms with van der Waals surface area (Å²) in [4.78, 5) is 0. The molecule has 0 radical (unpaired) electrons. The molecule has 76 valence electrons. The van der Waals surface area contributed by atoms with Crippen molar-refractivity contribution in [2.24, 2.45) is 0 Å². The summed E-state index contributed by atoms with van der Waals surface area (Å²) in [5.74, 6) is 2.00. The molecule has 5 heteroatoms. The fraction of sp³-hybridized carbons (Fsp3) is 0.778. The molecule has 1 aliphatic heterocycles. The Labute approximate surface area is 81.8 Å². The molecular formula is C9H13N3O2. The van der Waals surface area contributed by atoms with E-state index in [0.717, 1.165) is 19.0 Å². The molecule has 1 aromatic heterocycles. The molecular weight excluding hydrogens is 182 g/mol. The molecule has 0 bridgehead atoms. The van der Waals surface area contributed by atoms with Crippen molar-refractivity contribution in [1.29, 1.82) is 0 Å². The highest BCUT2D eigenvalue weighted by molar-refractivity contribution is 5.02. The standard InChI is InChI=1S/C9H13N3O2/c1-2-6(1)8-11-12-9(14-8)7-5-13-4-3-10-7/h6-7,10H,1-5H2. The van der Waals surface area contributed by atoms with Crippen molar-refractivity contribution in [3.05, 3.63) is 11.8 Å². The monoisotopic (exact) mass is 195 g/mol. The van der Waals surface area contributed by atoms with Crippen molar-refractivity contribution in [3.63, 3.8) is 0 Å². The molecule has 3 rings (SSSR count). The van der Waals surface area contributed by atoms with Gasteiger partial charge in [-0.15, -0.1) is 10.2 Å². The number of aromatic nitrogens is 2. The Morgan fingerprint density at radius 3 is 2.79 bits per heavy atom. The lowest BCUT2D eigenvalue weighted by Gasteiger charge is -2.20. The molecule has 1 saturated carbocycles. The van der Waals surface area contributed by atoms with E-state index < -0.39 is 0 Å². The first kappa shape index (κ1) is 8.38. The van der Waals surface area contributed by atoms with Crippen LogP contribution in [0.2, 0.25) is 0 Å². The molecule has 0 aromatic carbocycles. The fourth-order valence-electron chi connectivity index (χ4n) is 1.61. The number of hydrogen-bond acceptors (Lipinski definition) is 5. The lowest BCUT2D eigenvalue weighted by Crippen LogP contribution is -2.34. The summed E-state index contributed by atoms with van der Waals surface area (Å²) in [7, 11) is 0. The molecule has 2 aliphatic rings. The van der Waals surface area contributed by atoms with Crippen molar-refractivity contribution in [2.45, 2.75) is 24.8 Å². The van der Waals surface area contributed by atoms with Crippen LogP contribution < -0.4 is 5.32 Å². The zero-order chi connectivity index (χ0) is 9.38. The Bertz CT molecular complexity index is 316. The van der Waals surface area contributed by atoms with E-state index in [1.54, 1.807) is 0 Å². The first-order valence-corrected chi connectivity index (χ1v) is 5.08. The molecule has 1 atom stereocenters. The van der Waals surface area contributed by atoms with E-state index in [2.05, 4.69) is 15.5 Å². The third-order valence-corrected chi connectivity index (χ3v) is 2.60. The molecule has 1 saturated heterocycles. The third kappa shape index (κ3) is 1.53. The van der Waals surface area contributed by atoms with Gasteiger partial charge in [0.25, 0.3) is 0 Å². The lowest BCUT2D eigenvalue weighted by molar-refractivity contribution is 0.0677. The third-order valence-electron chi connectivity index (χ3n) is 2.60. The highest BCUT2D eigenvalue weighted by atomic mass is 16.5. The molecule has 1 unspecified atom stereocenters. The van der Waals surface area contributed by atoms with Crippen LogP contribution in [0.3, 0.4) is 0 Å². The zero-order valence-electron chi connectivity index (χ0n) is 7.90. The SMILES string of the molecule is C1COCC(c2nnc(C3CC3)o2)N1. The summed E-state index contributed by atoms with van der Waals surface area (Å²) >= 11 is 0. The molecule has 1 aliphatic carbocycles. The van der Waals surface area contributed by atoms with E-state index in [1.807, 2.05) is 0 Å². The average molecular weight is 195 g/mol. The maximum Gasteiger partial charge on any atom is 0.235 e. The van der Waals surface area contributed by atoms with Gasteiger partial charge in [0.1, 0.15) is 6.04 Å². The minimum absolute atomic E-state index is 0.0868. The number of ether oxygens (including phenoxy) is 1. The Kier molecular flexibility index (Phi) is 1.99. The highest BCUT2D eigenvalue weighted by Gasteiger charge is 2.31. The first-order valence-electron chi connectivity index (χ1n) is 5.08. The number of nitrogens with zero attached hydrogens (tertiary/aromatic N) is 2. The van der Waals surface area contributed by atoms with Gasteiger partial charge in [0.05, 0.1) is 13.2 Å². The van der Waals surface area contributed by atoms with Crippen LogP contribution >= 0.6 is 0 Å². The van der Waals surface area contributed by atoms with E-state index in [4.69, 9.17) is 9.15 Å². The summed E-state index contributed by atoms with van der Waals surface area (Å²) in [6.07, 6.45) is 2.38. The van der Waals surface area contributed by atoms with Crippen LogP contribution in [-0.4, -0.2) is 30.0 Å². The van der Waals surface area contributed by atoms with E-state index in [0.29, 0.717) is 18.4 Å². The largest absolute Gasteiger partial charge is 0.423 e. The highest BCUT2D eigenvalue weighted by Crippen LogP contribution is 2.39. The van der Waals surface area contributed by atoms with Gasteiger partial charge in [0.2, 0.25) is 11.8 Å². The number of rotatable bonds is 2. The molecule has 1 N–H and O–H groups in total. The van der Waals surface area contributed by atoms with Gasteiger partial charge in [0.15, 0.2) is 0 Å². The van der Waals surface area contributed by atoms with E-state index >= 15 is 0 Å². The van der Waals surface area contributed by atoms with Gasteiger partial charge in [-0.2, -0.15) is 0 Å². The lowest BCUT2D eigenvalue weighted by atomic mass is 10.3. The normalized spacial score (nSPS) is 27.9. The molecule has 2 heterocycles. The topological polar surface area (TPSA) is 60.2 Å². The van der Waals surface area contributed by atoms with Crippen molar-refractivity contribution >= 4 is 0 Å². The summed E-state index contributed by atoms with van der Waals surface area (Å²) < 4.78 is 10.9. The average Bonchev–Trinajstić information content (AvgIpc) is 2.98. The molecule has 5 nitrogen and oxygen atoms in total. The van der Waals surface area contributed by atoms with Crippen LogP contribution in [0.1, 0.15) is 36.6 Å². The number of nitrogens with one attached hydrogen (secondary N) is 1. The van der Waals surface area contributed by atoms with Gasteiger partial charge in [-0.25, -0.2) is 0 Å². The summed E-state index contributed by atoms with van der Waals surface area (Å²) in [5, 5.41) is 11.4.